The minimum absolute atomic E-state index is 0.100. The Hall–Kier alpha value is -1.35. The van der Waals surface area contributed by atoms with Gasteiger partial charge in [0, 0.05) is 19.1 Å². The van der Waals surface area contributed by atoms with Crippen LogP contribution in [-0.4, -0.2) is 31.9 Å². The summed E-state index contributed by atoms with van der Waals surface area (Å²) in [5.74, 6) is 2.41. The van der Waals surface area contributed by atoms with E-state index in [0.717, 1.165) is 5.56 Å². The molecule has 108 valence electrons. The first-order valence-electron chi connectivity index (χ1n) is 6.84. The van der Waals surface area contributed by atoms with Crippen LogP contribution in [-0.2, 0) is 16.6 Å². The van der Waals surface area contributed by atoms with Crippen LogP contribution in [0.5, 0.6) is 0 Å². The second-order valence-electron chi connectivity index (χ2n) is 4.90. The van der Waals surface area contributed by atoms with Crippen molar-refractivity contribution < 1.29 is 8.42 Å². The lowest BCUT2D eigenvalue weighted by atomic mass is 10.2. The predicted molar refractivity (Wildman–Crippen MR) is 79.6 cm³/mol. The quantitative estimate of drug-likeness (QED) is 0.776. The third kappa shape index (κ3) is 3.40. The first-order valence-corrected chi connectivity index (χ1v) is 8.28. The molecule has 0 heterocycles. The van der Waals surface area contributed by atoms with Gasteiger partial charge in [-0.2, -0.15) is 4.31 Å². The average molecular weight is 292 g/mol. The summed E-state index contributed by atoms with van der Waals surface area (Å²) in [4.78, 5) is 0.352. The highest BCUT2D eigenvalue weighted by Crippen LogP contribution is 2.23. The van der Waals surface area contributed by atoms with Crippen LogP contribution < -0.4 is 5.32 Å². The van der Waals surface area contributed by atoms with Crippen molar-refractivity contribution in [2.24, 2.45) is 0 Å². The van der Waals surface area contributed by atoms with Crippen molar-refractivity contribution in [3.8, 4) is 12.3 Å². The lowest BCUT2D eigenvalue weighted by Gasteiger charge is -2.20. The summed E-state index contributed by atoms with van der Waals surface area (Å²) in [5.41, 5.74) is 0.801. The molecule has 20 heavy (non-hydrogen) atoms. The maximum absolute atomic E-state index is 12.6. The molecule has 0 aromatic heterocycles. The van der Waals surface area contributed by atoms with Gasteiger partial charge < -0.3 is 5.32 Å². The van der Waals surface area contributed by atoms with E-state index in [2.05, 4.69) is 11.2 Å². The van der Waals surface area contributed by atoms with E-state index in [0.29, 0.717) is 24.0 Å². The van der Waals surface area contributed by atoms with Crippen LogP contribution in [0, 0.1) is 12.3 Å². The number of nitrogens with one attached hydrogen (secondary N) is 1. The normalized spacial score (nSPS) is 15.2. The fraction of sp³-hybridized carbons (Fsp3) is 0.467. The van der Waals surface area contributed by atoms with Gasteiger partial charge in [-0.1, -0.05) is 31.0 Å². The van der Waals surface area contributed by atoms with Gasteiger partial charge in [0.15, 0.2) is 0 Å². The highest BCUT2D eigenvalue weighted by Gasteiger charge is 2.26. The molecular formula is C15H20N2O2S. The van der Waals surface area contributed by atoms with Crippen LogP contribution in [0.2, 0.25) is 0 Å². The molecule has 0 unspecified atom stereocenters. The Kier molecular flexibility index (Phi) is 4.81. The minimum Gasteiger partial charge on any atom is -0.310 e. The molecule has 1 fully saturated rings. The standard InChI is InChI=1S/C15H20N2O2S/c1-3-11-17(4-2)20(18,19)15-8-6-5-7-13(15)12-16-14-9-10-14/h1,5-8,14,16H,4,9-12H2,2H3. The highest BCUT2D eigenvalue weighted by molar-refractivity contribution is 7.89. The molecule has 4 nitrogen and oxygen atoms in total. The Balaban J connectivity index is 2.27. The van der Waals surface area contributed by atoms with E-state index in [4.69, 9.17) is 6.42 Å². The predicted octanol–water partition coefficient (Wildman–Crippen LogP) is 1.58. The topological polar surface area (TPSA) is 49.4 Å². The number of hydrogen-bond donors (Lipinski definition) is 1. The summed E-state index contributed by atoms with van der Waals surface area (Å²) in [6, 6.07) is 7.65. The zero-order valence-corrected chi connectivity index (χ0v) is 12.5. The molecule has 1 aromatic rings. The Bertz CT molecular complexity index is 601. The summed E-state index contributed by atoms with van der Waals surface area (Å²) < 4.78 is 26.6. The van der Waals surface area contributed by atoms with E-state index in [-0.39, 0.29) is 6.54 Å². The maximum Gasteiger partial charge on any atom is 0.244 e. The third-order valence-electron chi connectivity index (χ3n) is 3.37. The Morgan fingerprint density at radius 2 is 2.10 bits per heavy atom. The SMILES string of the molecule is C#CCN(CC)S(=O)(=O)c1ccccc1CNC1CC1. The van der Waals surface area contributed by atoms with Gasteiger partial charge >= 0.3 is 0 Å². The van der Waals surface area contributed by atoms with Gasteiger partial charge in [0.1, 0.15) is 0 Å². The van der Waals surface area contributed by atoms with Crippen LogP contribution in [0.1, 0.15) is 25.3 Å². The smallest absolute Gasteiger partial charge is 0.244 e. The van der Waals surface area contributed by atoms with Gasteiger partial charge in [0.25, 0.3) is 0 Å². The summed E-state index contributed by atoms with van der Waals surface area (Å²) in [5, 5.41) is 3.35. The molecule has 1 aromatic carbocycles. The molecule has 0 atom stereocenters. The van der Waals surface area contributed by atoms with Gasteiger partial charge in [0.05, 0.1) is 11.4 Å². The van der Waals surface area contributed by atoms with E-state index < -0.39 is 10.0 Å². The zero-order chi connectivity index (χ0) is 14.6. The fourth-order valence-corrected chi connectivity index (χ4v) is 3.64. The van der Waals surface area contributed by atoms with Gasteiger partial charge in [-0.25, -0.2) is 8.42 Å². The lowest BCUT2D eigenvalue weighted by Crippen LogP contribution is -2.32. The van der Waals surface area contributed by atoms with Crippen LogP contribution >= 0.6 is 0 Å². The van der Waals surface area contributed by atoms with E-state index in [1.54, 1.807) is 19.1 Å². The van der Waals surface area contributed by atoms with Crippen molar-refractivity contribution in [1.29, 1.82) is 0 Å². The lowest BCUT2D eigenvalue weighted by molar-refractivity contribution is 0.463. The summed E-state index contributed by atoms with van der Waals surface area (Å²) in [7, 11) is -3.52. The molecule has 0 radical (unpaired) electrons. The molecule has 1 aliphatic carbocycles. The molecular weight excluding hydrogens is 272 g/mol. The van der Waals surface area contributed by atoms with Crippen molar-refractivity contribution >= 4 is 10.0 Å². The first kappa shape index (κ1) is 15.0. The average Bonchev–Trinajstić information content (AvgIpc) is 3.26. The number of hydrogen-bond acceptors (Lipinski definition) is 3. The van der Waals surface area contributed by atoms with Crippen molar-refractivity contribution in [1.82, 2.24) is 9.62 Å². The molecule has 0 amide bonds. The molecule has 0 spiro atoms. The van der Waals surface area contributed by atoms with Crippen molar-refractivity contribution in [2.75, 3.05) is 13.1 Å². The van der Waals surface area contributed by atoms with Crippen LogP contribution in [0.4, 0.5) is 0 Å². The van der Waals surface area contributed by atoms with Crippen molar-refractivity contribution in [3.63, 3.8) is 0 Å². The molecule has 1 saturated carbocycles. The second-order valence-corrected chi connectivity index (χ2v) is 6.80. The molecule has 1 N–H and O–H groups in total. The van der Waals surface area contributed by atoms with E-state index >= 15 is 0 Å². The molecule has 5 heteroatoms. The van der Waals surface area contributed by atoms with Gasteiger partial charge in [0.2, 0.25) is 10.0 Å². The van der Waals surface area contributed by atoms with Crippen LogP contribution in [0.3, 0.4) is 0 Å². The number of sulfonamides is 1. The fourth-order valence-electron chi connectivity index (χ4n) is 2.05. The minimum atomic E-state index is -3.52. The van der Waals surface area contributed by atoms with E-state index in [9.17, 15) is 8.42 Å². The molecule has 0 aliphatic heterocycles. The van der Waals surface area contributed by atoms with E-state index in [1.165, 1.54) is 17.1 Å². The molecule has 2 rings (SSSR count). The van der Waals surface area contributed by atoms with E-state index in [1.807, 2.05) is 12.1 Å². The maximum atomic E-state index is 12.6. The van der Waals surface area contributed by atoms with Crippen molar-refractivity contribution in [2.45, 2.75) is 37.2 Å². The first-order chi connectivity index (χ1) is 9.59. The van der Waals surface area contributed by atoms with Crippen LogP contribution in [0.25, 0.3) is 0 Å². The molecule has 1 aliphatic rings. The Morgan fingerprint density at radius 3 is 2.70 bits per heavy atom. The van der Waals surface area contributed by atoms with Gasteiger partial charge in [-0.3, -0.25) is 0 Å². The Labute approximate surface area is 121 Å². The van der Waals surface area contributed by atoms with Gasteiger partial charge in [-0.05, 0) is 24.5 Å². The summed E-state index contributed by atoms with van der Waals surface area (Å²) in [6.07, 6.45) is 7.60. The summed E-state index contributed by atoms with van der Waals surface area (Å²) in [6.45, 7) is 2.84. The molecule has 0 bridgehead atoms. The largest absolute Gasteiger partial charge is 0.310 e. The number of nitrogens with zero attached hydrogens (tertiary/aromatic N) is 1. The third-order valence-corrected chi connectivity index (χ3v) is 5.39. The van der Waals surface area contributed by atoms with Crippen LogP contribution in [0.15, 0.2) is 29.2 Å². The number of rotatable bonds is 7. The summed E-state index contributed by atoms with van der Waals surface area (Å²) >= 11 is 0. The number of terminal acetylenes is 1. The monoisotopic (exact) mass is 292 g/mol. The molecule has 0 saturated heterocycles. The highest BCUT2D eigenvalue weighted by atomic mass is 32.2. The number of benzene rings is 1. The Morgan fingerprint density at radius 1 is 1.40 bits per heavy atom. The second kappa shape index (κ2) is 6.40. The van der Waals surface area contributed by atoms with Crippen molar-refractivity contribution in [3.05, 3.63) is 29.8 Å². The zero-order valence-electron chi connectivity index (χ0n) is 11.7. The van der Waals surface area contributed by atoms with Gasteiger partial charge in [-0.15, -0.1) is 6.42 Å².